The standard InChI is InChI=1S/C20H18ClN7O2S/c21-15-4-2-14(3-5-15)11-27-13-25-18-16(19(27)30)10-26-28(18)9-8-22-17(29)12-31-20-23-6-1-7-24-20/h1-7,10,13H,8-9,11-12H2,(H,22,29). The van der Waals surface area contributed by atoms with Gasteiger partial charge in [-0.15, -0.1) is 0 Å². The molecule has 0 aliphatic heterocycles. The van der Waals surface area contributed by atoms with E-state index in [9.17, 15) is 9.59 Å². The molecule has 9 nitrogen and oxygen atoms in total. The molecule has 0 saturated carbocycles. The van der Waals surface area contributed by atoms with Crippen molar-refractivity contribution in [2.45, 2.75) is 18.2 Å². The van der Waals surface area contributed by atoms with Gasteiger partial charge in [0.2, 0.25) is 5.91 Å². The van der Waals surface area contributed by atoms with Crippen molar-refractivity contribution in [2.24, 2.45) is 0 Å². The molecular formula is C20H18ClN7O2S. The number of aromatic nitrogens is 6. The lowest BCUT2D eigenvalue weighted by molar-refractivity contribution is -0.118. The first kappa shape index (κ1) is 21.0. The molecule has 1 N–H and O–H groups in total. The van der Waals surface area contributed by atoms with Gasteiger partial charge in [0.15, 0.2) is 10.8 Å². The zero-order valence-electron chi connectivity index (χ0n) is 16.3. The summed E-state index contributed by atoms with van der Waals surface area (Å²) in [4.78, 5) is 37.3. The second-order valence-corrected chi connectivity index (χ2v) is 7.96. The lowest BCUT2D eigenvalue weighted by atomic mass is 10.2. The number of rotatable bonds is 8. The van der Waals surface area contributed by atoms with E-state index in [1.54, 1.807) is 35.3 Å². The summed E-state index contributed by atoms with van der Waals surface area (Å²) in [6, 6.07) is 9.02. The number of nitrogens with one attached hydrogen (secondary N) is 1. The van der Waals surface area contributed by atoms with E-state index in [-0.39, 0.29) is 17.2 Å². The number of fused-ring (bicyclic) bond motifs is 1. The Morgan fingerprint density at radius 1 is 1.13 bits per heavy atom. The van der Waals surface area contributed by atoms with Gasteiger partial charge in [-0.1, -0.05) is 35.5 Å². The Morgan fingerprint density at radius 2 is 1.90 bits per heavy atom. The van der Waals surface area contributed by atoms with E-state index in [0.29, 0.717) is 40.8 Å². The van der Waals surface area contributed by atoms with Gasteiger partial charge in [-0.05, 0) is 23.8 Å². The Morgan fingerprint density at radius 3 is 2.68 bits per heavy atom. The highest BCUT2D eigenvalue weighted by Gasteiger charge is 2.11. The van der Waals surface area contributed by atoms with Gasteiger partial charge in [0.1, 0.15) is 11.7 Å². The van der Waals surface area contributed by atoms with Crippen LogP contribution in [-0.4, -0.2) is 47.5 Å². The van der Waals surface area contributed by atoms with Gasteiger partial charge < -0.3 is 5.32 Å². The van der Waals surface area contributed by atoms with Crippen LogP contribution in [0.15, 0.2) is 65.2 Å². The number of hydrogen-bond donors (Lipinski definition) is 1. The minimum Gasteiger partial charge on any atom is -0.354 e. The molecule has 3 heterocycles. The molecule has 0 saturated heterocycles. The van der Waals surface area contributed by atoms with Crippen molar-refractivity contribution in [3.8, 4) is 0 Å². The van der Waals surface area contributed by atoms with E-state index in [2.05, 4.69) is 25.4 Å². The van der Waals surface area contributed by atoms with Crippen LogP contribution in [0.25, 0.3) is 11.0 Å². The van der Waals surface area contributed by atoms with Crippen molar-refractivity contribution in [1.82, 2.24) is 34.6 Å². The predicted molar refractivity (Wildman–Crippen MR) is 118 cm³/mol. The van der Waals surface area contributed by atoms with Crippen molar-refractivity contribution < 1.29 is 4.79 Å². The first-order valence-electron chi connectivity index (χ1n) is 9.42. The van der Waals surface area contributed by atoms with Crippen LogP contribution in [0, 0.1) is 0 Å². The van der Waals surface area contributed by atoms with Crippen molar-refractivity contribution in [3.63, 3.8) is 0 Å². The summed E-state index contributed by atoms with van der Waals surface area (Å²) in [7, 11) is 0. The molecule has 11 heteroatoms. The lowest BCUT2D eigenvalue weighted by Crippen LogP contribution is -2.29. The molecule has 158 valence electrons. The van der Waals surface area contributed by atoms with Gasteiger partial charge >= 0.3 is 0 Å². The smallest absolute Gasteiger partial charge is 0.264 e. The van der Waals surface area contributed by atoms with Crippen LogP contribution in [0.5, 0.6) is 0 Å². The zero-order chi connectivity index (χ0) is 21.6. The molecule has 0 radical (unpaired) electrons. The van der Waals surface area contributed by atoms with Crippen LogP contribution in [0.1, 0.15) is 5.56 Å². The van der Waals surface area contributed by atoms with Crippen LogP contribution >= 0.6 is 23.4 Å². The molecule has 0 fully saturated rings. The predicted octanol–water partition coefficient (Wildman–Crippen LogP) is 1.99. The number of hydrogen-bond acceptors (Lipinski definition) is 7. The molecule has 0 spiro atoms. The maximum atomic E-state index is 12.8. The molecule has 0 atom stereocenters. The number of benzene rings is 1. The van der Waals surface area contributed by atoms with Crippen LogP contribution in [0.3, 0.4) is 0 Å². The van der Waals surface area contributed by atoms with Gasteiger partial charge in [-0.2, -0.15) is 5.10 Å². The first-order chi connectivity index (χ1) is 15.1. The van der Waals surface area contributed by atoms with Gasteiger partial charge in [-0.25, -0.2) is 19.6 Å². The summed E-state index contributed by atoms with van der Waals surface area (Å²) in [5, 5.41) is 8.70. The zero-order valence-corrected chi connectivity index (χ0v) is 17.9. The van der Waals surface area contributed by atoms with Gasteiger partial charge in [-0.3, -0.25) is 14.2 Å². The minimum atomic E-state index is -0.172. The molecule has 31 heavy (non-hydrogen) atoms. The van der Waals surface area contributed by atoms with E-state index < -0.39 is 0 Å². The molecule has 0 aliphatic rings. The van der Waals surface area contributed by atoms with E-state index in [4.69, 9.17) is 11.6 Å². The number of carbonyl (C=O) groups is 1. The maximum Gasteiger partial charge on any atom is 0.264 e. The molecule has 1 amide bonds. The molecule has 0 unspecified atom stereocenters. The Labute approximate surface area is 186 Å². The third kappa shape index (κ3) is 5.28. The summed E-state index contributed by atoms with van der Waals surface area (Å²) in [6.45, 7) is 1.15. The summed E-state index contributed by atoms with van der Waals surface area (Å²) < 4.78 is 3.14. The minimum absolute atomic E-state index is 0.132. The molecule has 0 aliphatic carbocycles. The quantitative estimate of drug-likeness (QED) is 0.320. The second kappa shape index (κ2) is 9.71. The SMILES string of the molecule is O=C(CSc1ncccn1)NCCn1ncc2c(=O)n(Cc3ccc(Cl)cc3)cnc21. The molecular weight excluding hydrogens is 438 g/mol. The Bertz CT molecular complexity index is 1240. The summed E-state index contributed by atoms with van der Waals surface area (Å²) in [5.74, 6) is 0.0875. The highest BCUT2D eigenvalue weighted by Crippen LogP contribution is 2.12. The second-order valence-electron chi connectivity index (χ2n) is 6.58. The van der Waals surface area contributed by atoms with Crippen molar-refractivity contribution in [2.75, 3.05) is 12.3 Å². The molecule has 4 rings (SSSR count). The number of nitrogens with zero attached hydrogens (tertiary/aromatic N) is 6. The van der Waals surface area contributed by atoms with Crippen LogP contribution in [0.2, 0.25) is 5.02 Å². The van der Waals surface area contributed by atoms with Crippen molar-refractivity contribution in [1.29, 1.82) is 0 Å². The number of halogens is 1. The van der Waals surface area contributed by atoms with E-state index in [1.807, 2.05) is 12.1 Å². The Kier molecular flexibility index (Phi) is 6.58. The summed E-state index contributed by atoms with van der Waals surface area (Å²) in [5.41, 5.74) is 1.26. The summed E-state index contributed by atoms with van der Waals surface area (Å²) in [6.07, 6.45) is 6.28. The fourth-order valence-corrected chi connectivity index (χ4v) is 3.66. The van der Waals surface area contributed by atoms with Gasteiger partial charge in [0.25, 0.3) is 5.56 Å². The highest BCUT2D eigenvalue weighted by molar-refractivity contribution is 7.99. The fraction of sp³-hybridized carbons (Fsp3) is 0.200. The van der Waals surface area contributed by atoms with Crippen molar-refractivity contribution in [3.05, 3.63) is 76.2 Å². The monoisotopic (exact) mass is 455 g/mol. The van der Waals surface area contributed by atoms with Crippen LogP contribution in [0.4, 0.5) is 0 Å². The summed E-state index contributed by atoms with van der Waals surface area (Å²) >= 11 is 7.17. The van der Waals surface area contributed by atoms with Gasteiger partial charge in [0.05, 0.1) is 25.0 Å². The molecule has 3 aromatic heterocycles. The average molecular weight is 456 g/mol. The van der Waals surface area contributed by atoms with Crippen LogP contribution < -0.4 is 10.9 Å². The number of thioether (sulfide) groups is 1. The average Bonchev–Trinajstić information content (AvgIpc) is 3.20. The Balaban J connectivity index is 1.35. The number of amides is 1. The fourth-order valence-electron chi connectivity index (χ4n) is 2.90. The van der Waals surface area contributed by atoms with E-state index in [0.717, 1.165) is 5.56 Å². The normalized spacial score (nSPS) is 11.0. The van der Waals surface area contributed by atoms with E-state index >= 15 is 0 Å². The lowest BCUT2D eigenvalue weighted by Gasteiger charge is -2.07. The Hall–Kier alpha value is -3.24. The van der Waals surface area contributed by atoms with Crippen molar-refractivity contribution >= 4 is 40.3 Å². The topological polar surface area (TPSA) is 108 Å². The highest BCUT2D eigenvalue weighted by atomic mass is 35.5. The third-order valence-corrected chi connectivity index (χ3v) is 5.54. The number of carbonyl (C=O) groups excluding carboxylic acids is 1. The van der Waals surface area contributed by atoms with Gasteiger partial charge in [0, 0.05) is 24.0 Å². The molecule has 0 bridgehead atoms. The first-order valence-corrected chi connectivity index (χ1v) is 10.8. The van der Waals surface area contributed by atoms with Crippen LogP contribution in [-0.2, 0) is 17.9 Å². The largest absolute Gasteiger partial charge is 0.354 e. The molecule has 1 aromatic carbocycles. The van der Waals surface area contributed by atoms with E-state index in [1.165, 1.54) is 28.9 Å². The third-order valence-electron chi connectivity index (χ3n) is 4.41. The maximum absolute atomic E-state index is 12.8. The molecule has 4 aromatic rings.